The standard InChI is InChI=1S/C19H14Cl2N2O3S.C19H14ClFN2O3S/c2*20-13-7-3-1-5-11(13)15(9-17(24)25)22-18(26)16-10-27-19(23-16)12-6-2-4-8-14(12)21/h2*1-8,10,15H,9H2,(H,22,26)(H,24,25)/t2*15-/m00/s1. The average molecular weight is 826 g/mol. The van der Waals surface area contributed by atoms with Crippen LogP contribution in [-0.4, -0.2) is 43.9 Å². The van der Waals surface area contributed by atoms with Gasteiger partial charge in [-0.15, -0.1) is 22.7 Å². The van der Waals surface area contributed by atoms with Gasteiger partial charge in [0.25, 0.3) is 11.8 Å². The van der Waals surface area contributed by atoms with Crippen LogP contribution in [0.2, 0.25) is 15.1 Å². The van der Waals surface area contributed by atoms with Crippen LogP contribution in [0.15, 0.2) is 108 Å². The first-order valence-electron chi connectivity index (χ1n) is 15.9. The molecule has 2 aromatic heterocycles. The van der Waals surface area contributed by atoms with Gasteiger partial charge in [0.2, 0.25) is 0 Å². The number of hydrogen-bond acceptors (Lipinski definition) is 8. The number of aromatic nitrogens is 2. The highest BCUT2D eigenvalue weighted by Gasteiger charge is 2.24. The maximum absolute atomic E-state index is 13.9. The van der Waals surface area contributed by atoms with Crippen molar-refractivity contribution in [1.82, 2.24) is 20.6 Å². The Kier molecular flexibility index (Phi) is 13.9. The fraction of sp³-hybridized carbons (Fsp3) is 0.105. The van der Waals surface area contributed by atoms with E-state index in [1.54, 1.807) is 78.2 Å². The topological polar surface area (TPSA) is 159 Å². The van der Waals surface area contributed by atoms with E-state index in [9.17, 15) is 28.7 Å². The smallest absolute Gasteiger partial charge is 0.305 e. The van der Waals surface area contributed by atoms with E-state index in [2.05, 4.69) is 20.6 Å². The number of benzene rings is 4. The summed E-state index contributed by atoms with van der Waals surface area (Å²) < 4.78 is 13.9. The van der Waals surface area contributed by atoms with E-state index in [1.165, 1.54) is 22.8 Å². The molecule has 0 aliphatic rings. The van der Waals surface area contributed by atoms with Crippen molar-refractivity contribution in [2.24, 2.45) is 0 Å². The van der Waals surface area contributed by atoms with Crippen LogP contribution in [0.5, 0.6) is 0 Å². The van der Waals surface area contributed by atoms with Crippen molar-refractivity contribution in [3.05, 3.63) is 151 Å². The quantitative estimate of drug-likeness (QED) is 0.0950. The molecule has 0 saturated carbocycles. The molecule has 2 heterocycles. The number of halogens is 4. The van der Waals surface area contributed by atoms with E-state index in [0.717, 1.165) is 16.9 Å². The molecular formula is C38H28Cl3FN4O6S2. The summed E-state index contributed by atoms with van der Waals surface area (Å²) in [7, 11) is 0. The number of nitrogens with zero attached hydrogens (tertiary/aromatic N) is 2. The Morgan fingerprint density at radius 2 is 0.981 bits per heavy atom. The summed E-state index contributed by atoms with van der Waals surface area (Å²) >= 11 is 20.9. The summed E-state index contributed by atoms with van der Waals surface area (Å²) in [6.07, 6.45) is -0.628. The van der Waals surface area contributed by atoms with Crippen molar-refractivity contribution >= 4 is 81.2 Å². The van der Waals surface area contributed by atoms with Gasteiger partial charge in [-0.1, -0.05) is 102 Å². The molecule has 0 aliphatic carbocycles. The normalized spacial score (nSPS) is 11.8. The lowest BCUT2D eigenvalue weighted by molar-refractivity contribution is -0.138. The van der Waals surface area contributed by atoms with Crippen LogP contribution in [0.1, 0.15) is 57.0 Å². The summed E-state index contributed by atoms with van der Waals surface area (Å²) in [4.78, 5) is 56.1. The molecule has 2 atom stereocenters. The van der Waals surface area contributed by atoms with Crippen molar-refractivity contribution in [2.45, 2.75) is 24.9 Å². The number of carbonyl (C=O) groups excluding carboxylic acids is 2. The number of nitrogens with one attached hydrogen (secondary N) is 2. The first kappa shape index (κ1) is 40.0. The number of rotatable bonds is 12. The van der Waals surface area contributed by atoms with Crippen LogP contribution in [0, 0.1) is 5.82 Å². The van der Waals surface area contributed by atoms with Gasteiger partial charge in [-0.05, 0) is 41.5 Å². The van der Waals surface area contributed by atoms with Gasteiger partial charge in [-0.3, -0.25) is 19.2 Å². The zero-order chi connectivity index (χ0) is 38.8. The van der Waals surface area contributed by atoms with Crippen molar-refractivity contribution in [1.29, 1.82) is 0 Å². The maximum atomic E-state index is 13.9. The molecule has 0 aliphatic heterocycles. The highest BCUT2D eigenvalue weighted by molar-refractivity contribution is 7.13. The lowest BCUT2D eigenvalue weighted by Gasteiger charge is -2.18. The van der Waals surface area contributed by atoms with Gasteiger partial charge in [0.05, 0.1) is 29.9 Å². The van der Waals surface area contributed by atoms with E-state index in [0.29, 0.717) is 41.8 Å². The van der Waals surface area contributed by atoms with Crippen LogP contribution in [-0.2, 0) is 9.59 Å². The van der Waals surface area contributed by atoms with Gasteiger partial charge in [-0.2, -0.15) is 0 Å². The Balaban J connectivity index is 0.000000208. The fourth-order valence-electron chi connectivity index (χ4n) is 5.08. The summed E-state index contributed by atoms with van der Waals surface area (Å²) in [6.45, 7) is 0. The zero-order valence-corrected chi connectivity index (χ0v) is 31.6. The molecule has 0 bridgehead atoms. The van der Waals surface area contributed by atoms with Crippen molar-refractivity contribution < 1.29 is 33.8 Å². The molecule has 276 valence electrons. The second kappa shape index (κ2) is 18.7. The number of aliphatic carboxylic acids is 2. The van der Waals surface area contributed by atoms with E-state index in [4.69, 9.17) is 39.9 Å². The first-order valence-corrected chi connectivity index (χ1v) is 18.8. The molecule has 0 saturated heterocycles. The molecule has 54 heavy (non-hydrogen) atoms. The van der Waals surface area contributed by atoms with Gasteiger partial charge in [0.15, 0.2) is 0 Å². The number of hydrogen-bond donors (Lipinski definition) is 4. The van der Waals surface area contributed by atoms with Crippen molar-refractivity contribution in [3.63, 3.8) is 0 Å². The van der Waals surface area contributed by atoms with Crippen LogP contribution < -0.4 is 10.6 Å². The fourth-order valence-corrected chi connectivity index (χ4v) is 7.56. The van der Waals surface area contributed by atoms with E-state index < -0.39 is 41.7 Å². The summed E-state index contributed by atoms with van der Waals surface area (Å²) in [6, 6.07) is 25.3. The van der Waals surface area contributed by atoms with Gasteiger partial charge in [-0.25, -0.2) is 14.4 Å². The van der Waals surface area contributed by atoms with E-state index in [1.807, 2.05) is 18.2 Å². The largest absolute Gasteiger partial charge is 0.481 e. The third-order valence-electron chi connectivity index (χ3n) is 7.61. The minimum absolute atomic E-state index is 0.0840. The minimum atomic E-state index is -1.08. The Hall–Kier alpha value is -5.18. The lowest BCUT2D eigenvalue weighted by Crippen LogP contribution is -2.30. The third-order valence-corrected chi connectivity index (χ3v) is 10.4. The summed E-state index contributed by atoms with van der Waals surface area (Å²) in [5, 5.41) is 29.1. The number of carbonyl (C=O) groups is 4. The molecule has 0 spiro atoms. The van der Waals surface area contributed by atoms with Gasteiger partial charge in [0.1, 0.15) is 27.2 Å². The highest BCUT2D eigenvalue weighted by atomic mass is 35.5. The van der Waals surface area contributed by atoms with Crippen molar-refractivity contribution in [3.8, 4) is 21.1 Å². The number of carboxylic acid groups (broad SMARTS) is 2. The number of thiazole rings is 2. The first-order chi connectivity index (χ1) is 25.9. The maximum Gasteiger partial charge on any atom is 0.305 e. The average Bonchev–Trinajstić information content (AvgIpc) is 3.83. The van der Waals surface area contributed by atoms with Crippen LogP contribution in [0.3, 0.4) is 0 Å². The Morgan fingerprint density at radius 1 is 0.593 bits per heavy atom. The zero-order valence-electron chi connectivity index (χ0n) is 27.7. The minimum Gasteiger partial charge on any atom is -0.481 e. The Labute approximate surface area is 331 Å². The van der Waals surface area contributed by atoms with E-state index >= 15 is 0 Å². The van der Waals surface area contributed by atoms with Crippen LogP contribution in [0.4, 0.5) is 4.39 Å². The molecule has 10 nitrogen and oxygen atoms in total. The Morgan fingerprint density at radius 3 is 1.41 bits per heavy atom. The van der Waals surface area contributed by atoms with Crippen LogP contribution in [0.25, 0.3) is 21.1 Å². The van der Waals surface area contributed by atoms with Crippen LogP contribution >= 0.6 is 57.5 Å². The van der Waals surface area contributed by atoms with Crippen molar-refractivity contribution in [2.75, 3.05) is 0 Å². The second-order valence-electron chi connectivity index (χ2n) is 11.3. The lowest BCUT2D eigenvalue weighted by atomic mass is 10.0. The van der Waals surface area contributed by atoms with E-state index in [-0.39, 0.29) is 24.2 Å². The number of amides is 2. The van der Waals surface area contributed by atoms with Gasteiger partial charge >= 0.3 is 11.9 Å². The predicted octanol–water partition coefficient (Wildman–Crippen LogP) is 9.61. The molecule has 6 rings (SSSR count). The molecule has 6 aromatic rings. The molecule has 4 aromatic carbocycles. The second-order valence-corrected chi connectivity index (χ2v) is 14.3. The third kappa shape index (κ3) is 10.5. The predicted molar refractivity (Wildman–Crippen MR) is 208 cm³/mol. The SMILES string of the molecule is O=C(O)C[C@H](NC(=O)c1csc(-c2ccccc2Cl)n1)c1ccccc1Cl.O=C(O)C[C@H](NC(=O)c1csc(-c2ccccc2F)n1)c1ccccc1Cl. The van der Waals surface area contributed by atoms with Gasteiger partial charge < -0.3 is 20.8 Å². The number of carboxylic acids is 2. The molecule has 4 N–H and O–H groups in total. The molecule has 2 amide bonds. The summed E-state index contributed by atoms with van der Waals surface area (Å²) in [5.74, 6) is -3.59. The Bertz CT molecular complexity index is 2140. The molecule has 0 radical (unpaired) electrons. The van der Waals surface area contributed by atoms with Gasteiger partial charge in [0, 0.05) is 31.9 Å². The molecular weight excluding hydrogens is 798 g/mol. The molecule has 16 heteroatoms. The highest BCUT2D eigenvalue weighted by Crippen LogP contribution is 2.32. The molecule has 0 unspecified atom stereocenters. The molecule has 0 fully saturated rings. The summed E-state index contributed by atoms with van der Waals surface area (Å²) in [5.41, 5.74) is 2.35. The monoisotopic (exact) mass is 824 g/mol.